The lowest BCUT2D eigenvalue weighted by Crippen LogP contribution is -2.01. The van der Waals surface area contributed by atoms with Crippen molar-refractivity contribution in [1.82, 2.24) is 38.6 Å². The van der Waals surface area contributed by atoms with E-state index in [1.165, 1.54) is 45.3 Å². The Morgan fingerprint density at radius 3 is 1.30 bits per heavy atom. The number of nitrogens with zero attached hydrogens (tertiary/aromatic N) is 8. The lowest BCUT2D eigenvalue weighted by molar-refractivity contribution is 0.483. The molecule has 0 N–H and O–H groups in total. The summed E-state index contributed by atoms with van der Waals surface area (Å²) in [5, 5.41) is 6.83. The Morgan fingerprint density at radius 2 is 0.851 bits per heavy atom. The molecule has 10 nitrogen and oxygen atoms in total. The highest BCUT2D eigenvalue weighted by atomic mass is 16.5. The second-order valence-corrected chi connectivity index (χ2v) is 18.0. The van der Waals surface area contributed by atoms with E-state index in [9.17, 15) is 0 Å². The van der Waals surface area contributed by atoms with Crippen LogP contribution >= 0.6 is 0 Å². The van der Waals surface area contributed by atoms with Crippen LogP contribution in [0.2, 0.25) is 0 Å². The van der Waals surface area contributed by atoms with Crippen LogP contribution in [0.5, 0.6) is 23.0 Å². The van der Waals surface area contributed by atoms with E-state index in [0.29, 0.717) is 17.4 Å². The van der Waals surface area contributed by atoms with Gasteiger partial charge in [-0.1, -0.05) is 64.1 Å². The largest absolute Gasteiger partial charge is 0.457 e. The summed E-state index contributed by atoms with van der Waals surface area (Å²) < 4.78 is 20.3. The fourth-order valence-electron chi connectivity index (χ4n) is 9.95. The Labute approximate surface area is 386 Å². The van der Waals surface area contributed by atoms with Crippen molar-refractivity contribution < 1.29 is 9.47 Å². The quantitative estimate of drug-likeness (QED) is 0.142. The molecule has 0 bridgehead atoms. The van der Waals surface area contributed by atoms with Crippen LogP contribution in [0, 0.1) is 13.8 Å². The van der Waals surface area contributed by atoms with Crippen molar-refractivity contribution in [2.75, 3.05) is 0 Å². The van der Waals surface area contributed by atoms with E-state index >= 15 is 0 Å². The second-order valence-electron chi connectivity index (χ2n) is 18.0. The molecule has 67 heavy (non-hydrogen) atoms. The van der Waals surface area contributed by atoms with Gasteiger partial charge in [0.15, 0.2) is 0 Å². The van der Waals surface area contributed by atoms with Gasteiger partial charge in [-0.25, -0.2) is 24.9 Å². The van der Waals surface area contributed by atoms with Crippen molar-refractivity contribution in [3.8, 4) is 40.6 Å². The topological polar surface area (TPSA) is 97.7 Å². The van der Waals surface area contributed by atoms with Gasteiger partial charge >= 0.3 is 0 Å². The number of benzene rings is 6. The van der Waals surface area contributed by atoms with Crippen LogP contribution in [0.3, 0.4) is 0 Å². The minimum atomic E-state index is 0.232. The third-order valence-electron chi connectivity index (χ3n) is 12.9. The van der Waals surface area contributed by atoms with Gasteiger partial charge in [0.05, 0.1) is 33.1 Å². The van der Waals surface area contributed by atoms with E-state index < -0.39 is 0 Å². The third kappa shape index (κ3) is 6.66. The molecule has 12 aromatic rings. The molecule has 0 saturated carbocycles. The Hall–Kier alpha value is -8.37. The SMILES string of the molecule is Cc1ccnc(-n2c3ccccc3c3c(C(C)C)cc(Oc4ccc5c6ccc(Oc7cc(C(C)C)c8c9ccccc9n(-c9cc(C)ccn9)c8c7)cc6n(-c6ncncn6)c5c4)cc32)c1. The van der Waals surface area contributed by atoms with Crippen molar-refractivity contribution in [3.63, 3.8) is 0 Å². The Bertz CT molecular complexity index is 3680. The molecular formula is C57H46N8O2. The lowest BCUT2D eigenvalue weighted by atomic mass is 9.97. The zero-order chi connectivity index (χ0) is 45.5. The van der Waals surface area contributed by atoms with Crippen molar-refractivity contribution in [2.45, 2.75) is 53.4 Å². The highest BCUT2D eigenvalue weighted by Crippen LogP contribution is 2.44. The Morgan fingerprint density at radius 1 is 0.403 bits per heavy atom. The number of aryl methyl sites for hydroxylation is 2. The predicted molar refractivity (Wildman–Crippen MR) is 269 cm³/mol. The van der Waals surface area contributed by atoms with Crippen LogP contribution in [0.4, 0.5) is 0 Å². The van der Waals surface area contributed by atoms with Crippen molar-refractivity contribution in [2.24, 2.45) is 0 Å². The number of fused-ring (bicyclic) bond motifs is 9. The van der Waals surface area contributed by atoms with E-state index in [-0.39, 0.29) is 11.8 Å². The molecule has 0 radical (unpaired) electrons. The van der Waals surface area contributed by atoms with Crippen molar-refractivity contribution in [3.05, 3.63) is 181 Å². The van der Waals surface area contributed by atoms with Gasteiger partial charge in [-0.05, 0) is 121 Å². The fraction of sp³-hybridized carbons (Fsp3) is 0.140. The van der Waals surface area contributed by atoms with Crippen molar-refractivity contribution in [1.29, 1.82) is 0 Å². The smallest absolute Gasteiger partial charge is 0.237 e. The average Bonchev–Trinajstić information content (AvgIpc) is 3.96. The number of para-hydroxylation sites is 2. The van der Waals surface area contributed by atoms with E-state index in [1.54, 1.807) is 0 Å². The van der Waals surface area contributed by atoms with Gasteiger partial charge in [0.2, 0.25) is 5.95 Å². The standard InChI is InChI=1S/C57H46N8O2/c1-33(2)45-25-39(29-51-55(45)43-11-7-9-13-47(43)63(51)53-23-35(5)19-21-59-53)66-37-15-17-41-42-18-16-38(28-50(42)65(49(41)27-37)57-61-31-58-32-62-57)67-40-26-46(34(3)4)56-44-12-8-10-14-48(44)64(52(56)30-40)54-24-36(6)20-22-60-54/h7-34H,1-6H3. The number of ether oxygens (including phenoxy) is 2. The number of pyridine rings is 2. The molecule has 0 spiro atoms. The average molecular weight is 875 g/mol. The minimum absolute atomic E-state index is 0.232. The first-order valence-corrected chi connectivity index (χ1v) is 22.7. The maximum absolute atomic E-state index is 6.89. The minimum Gasteiger partial charge on any atom is -0.457 e. The number of aromatic nitrogens is 8. The molecule has 0 atom stereocenters. The monoisotopic (exact) mass is 874 g/mol. The number of hydrogen-bond donors (Lipinski definition) is 0. The van der Waals surface area contributed by atoms with Gasteiger partial charge in [0, 0.05) is 69.0 Å². The predicted octanol–water partition coefficient (Wildman–Crippen LogP) is 14.4. The molecule has 0 aliphatic heterocycles. The summed E-state index contributed by atoms with van der Waals surface area (Å²) in [6, 6.07) is 46.5. The van der Waals surface area contributed by atoms with Gasteiger partial charge in [-0.15, -0.1) is 0 Å². The number of rotatable bonds is 9. The molecule has 0 amide bonds. The third-order valence-corrected chi connectivity index (χ3v) is 12.9. The summed E-state index contributed by atoms with van der Waals surface area (Å²) in [5.74, 6) is 5.52. The zero-order valence-corrected chi connectivity index (χ0v) is 38.1. The van der Waals surface area contributed by atoms with Crippen LogP contribution in [0.25, 0.3) is 83.0 Å². The van der Waals surface area contributed by atoms with Crippen LogP contribution < -0.4 is 9.47 Å². The second kappa shape index (κ2) is 15.7. The molecule has 0 fully saturated rings. The maximum atomic E-state index is 6.89. The highest BCUT2D eigenvalue weighted by Gasteiger charge is 2.23. The molecule has 326 valence electrons. The van der Waals surface area contributed by atoms with Gasteiger partial charge in [0.1, 0.15) is 47.3 Å². The van der Waals surface area contributed by atoms with E-state index in [0.717, 1.165) is 78.1 Å². The molecule has 0 aliphatic rings. The number of hydrogen-bond acceptors (Lipinski definition) is 7. The molecule has 10 heteroatoms. The Balaban J connectivity index is 0.990. The van der Waals surface area contributed by atoms with Crippen LogP contribution in [-0.4, -0.2) is 38.6 Å². The molecule has 0 aliphatic carbocycles. The highest BCUT2D eigenvalue weighted by molar-refractivity contribution is 6.13. The van der Waals surface area contributed by atoms with Gasteiger partial charge in [-0.2, -0.15) is 0 Å². The van der Waals surface area contributed by atoms with Crippen molar-refractivity contribution >= 4 is 65.4 Å². The van der Waals surface area contributed by atoms with Gasteiger partial charge in [0.25, 0.3) is 0 Å². The molecule has 12 rings (SSSR count). The summed E-state index contributed by atoms with van der Waals surface area (Å²) >= 11 is 0. The fourth-order valence-corrected chi connectivity index (χ4v) is 9.95. The molecule has 6 aromatic carbocycles. The maximum Gasteiger partial charge on any atom is 0.237 e. The molecule has 0 unspecified atom stereocenters. The first-order valence-electron chi connectivity index (χ1n) is 22.7. The van der Waals surface area contributed by atoms with Gasteiger partial charge in [-0.3, -0.25) is 13.7 Å². The first kappa shape index (κ1) is 40.2. The van der Waals surface area contributed by atoms with E-state index in [4.69, 9.17) is 19.4 Å². The first-order chi connectivity index (χ1) is 32.7. The lowest BCUT2D eigenvalue weighted by Gasteiger charge is -2.14. The van der Waals surface area contributed by atoms with Crippen LogP contribution in [0.15, 0.2) is 159 Å². The van der Waals surface area contributed by atoms with E-state index in [2.05, 4.69) is 179 Å². The zero-order valence-electron chi connectivity index (χ0n) is 38.1. The Kier molecular flexibility index (Phi) is 9.39. The molecule has 6 aromatic heterocycles. The molecular weight excluding hydrogens is 829 g/mol. The van der Waals surface area contributed by atoms with Crippen LogP contribution in [-0.2, 0) is 0 Å². The van der Waals surface area contributed by atoms with Crippen LogP contribution in [0.1, 0.15) is 61.8 Å². The summed E-state index contributed by atoms with van der Waals surface area (Å²) in [6.07, 6.45) is 6.79. The normalized spacial score (nSPS) is 12.0. The summed E-state index contributed by atoms with van der Waals surface area (Å²) in [6.45, 7) is 13.1. The molecule has 0 saturated heterocycles. The summed E-state index contributed by atoms with van der Waals surface area (Å²) in [5.41, 5.74) is 10.8. The summed E-state index contributed by atoms with van der Waals surface area (Å²) in [7, 11) is 0. The summed E-state index contributed by atoms with van der Waals surface area (Å²) in [4.78, 5) is 23.1. The van der Waals surface area contributed by atoms with Gasteiger partial charge < -0.3 is 9.47 Å². The molecule has 6 heterocycles. The van der Waals surface area contributed by atoms with E-state index in [1.807, 2.05) is 36.7 Å².